The lowest BCUT2D eigenvalue weighted by Crippen LogP contribution is -2.22. The highest BCUT2D eigenvalue weighted by Crippen LogP contribution is 2.24. The fourth-order valence-corrected chi connectivity index (χ4v) is 3.21. The highest BCUT2D eigenvalue weighted by atomic mass is 32.1. The van der Waals surface area contributed by atoms with Crippen molar-refractivity contribution >= 4 is 17.3 Å². The Bertz CT molecular complexity index is 851. The fraction of sp³-hybridized carbons (Fsp3) is 0.222. The summed E-state index contributed by atoms with van der Waals surface area (Å²) in [5.41, 5.74) is 10.1. The summed E-state index contributed by atoms with van der Waals surface area (Å²) < 4.78 is 1.35. The van der Waals surface area contributed by atoms with Crippen LogP contribution in [0.15, 0.2) is 52.0 Å². The van der Waals surface area contributed by atoms with Crippen LogP contribution in [0, 0.1) is 0 Å². The molecule has 5 heteroatoms. The average molecular weight is 325 g/mol. The quantitative estimate of drug-likeness (QED) is 0.799. The minimum Gasteiger partial charge on any atom is -0.369 e. The molecular weight excluding hydrogens is 306 g/mol. The second-order valence-corrected chi connectivity index (χ2v) is 6.53. The first-order valence-electron chi connectivity index (χ1n) is 7.49. The van der Waals surface area contributed by atoms with Gasteiger partial charge in [-0.25, -0.2) is 4.98 Å². The Hall–Kier alpha value is -2.40. The third kappa shape index (κ3) is 3.35. The first-order valence-corrected chi connectivity index (χ1v) is 8.44. The van der Waals surface area contributed by atoms with Crippen LogP contribution in [0.4, 0.5) is 5.95 Å². The summed E-state index contributed by atoms with van der Waals surface area (Å²) in [7, 11) is 1.63. The minimum absolute atomic E-state index is 0.118. The number of benzene rings is 1. The zero-order valence-electron chi connectivity index (χ0n) is 13.2. The predicted molar refractivity (Wildman–Crippen MR) is 95.8 cm³/mol. The molecule has 0 fully saturated rings. The molecule has 0 unspecified atom stereocenters. The average Bonchev–Trinajstić information content (AvgIpc) is 3.07. The minimum atomic E-state index is -0.118. The highest BCUT2D eigenvalue weighted by Gasteiger charge is 2.11. The lowest BCUT2D eigenvalue weighted by molar-refractivity contribution is 0.709. The SMILES string of the molecule is C[C@@H](Cc1ccc(-c2ccsc2)cc1)c1cc(=O)n(C)c(N)n1. The van der Waals surface area contributed by atoms with Crippen molar-refractivity contribution in [3.8, 4) is 11.1 Å². The van der Waals surface area contributed by atoms with E-state index in [0.29, 0.717) is 0 Å². The highest BCUT2D eigenvalue weighted by molar-refractivity contribution is 7.08. The zero-order valence-corrected chi connectivity index (χ0v) is 14.0. The molecule has 3 rings (SSSR count). The maximum atomic E-state index is 11.8. The van der Waals surface area contributed by atoms with Crippen LogP contribution in [0.3, 0.4) is 0 Å². The van der Waals surface area contributed by atoms with Gasteiger partial charge in [0.05, 0.1) is 5.69 Å². The molecule has 0 aliphatic rings. The van der Waals surface area contributed by atoms with E-state index >= 15 is 0 Å². The van der Waals surface area contributed by atoms with Crippen LogP contribution in [0.2, 0.25) is 0 Å². The van der Waals surface area contributed by atoms with Gasteiger partial charge in [0.25, 0.3) is 5.56 Å². The topological polar surface area (TPSA) is 60.9 Å². The number of nitrogens with zero attached hydrogens (tertiary/aromatic N) is 2. The largest absolute Gasteiger partial charge is 0.369 e. The van der Waals surface area contributed by atoms with Gasteiger partial charge in [-0.15, -0.1) is 0 Å². The number of hydrogen-bond acceptors (Lipinski definition) is 4. The van der Waals surface area contributed by atoms with Gasteiger partial charge in [0, 0.05) is 19.0 Å². The molecule has 2 N–H and O–H groups in total. The summed E-state index contributed by atoms with van der Waals surface area (Å²) in [6, 6.07) is 12.2. The Morgan fingerprint density at radius 2 is 1.96 bits per heavy atom. The van der Waals surface area contributed by atoms with Gasteiger partial charge < -0.3 is 5.73 Å². The van der Waals surface area contributed by atoms with Crippen molar-refractivity contribution in [1.29, 1.82) is 0 Å². The summed E-state index contributed by atoms with van der Waals surface area (Å²) in [5.74, 6) is 0.394. The summed E-state index contributed by atoms with van der Waals surface area (Å²) in [5, 5.41) is 4.22. The zero-order chi connectivity index (χ0) is 16.4. The van der Waals surface area contributed by atoms with Crippen LogP contribution in [0.5, 0.6) is 0 Å². The van der Waals surface area contributed by atoms with Gasteiger partial charge in [-0.2, -0.15) is 11.3 Å². The van der Waals surface area contributed by atoms with Crippen molar-refractivity contribution < 1.29 is 0 Å². The molecule has 0 aliphatic heterocycles. The number of anilines is 1. The Labute approximate surface area is 139 Å². The van der Waals surface area contributed by atoms with Crippen molar-refractivity contribution in [2.24, 2.45) is 7.05 Å². The van der Waals surface area contributed by atoms with Gasteiger partial charge in [0.2, 0.25) is 5.95 Å². The van der Waals surface area contributed by atoms with E-state index in [9.17, 15) is 4.79 Å². The maximum Gasteiger partial charge on any atom is 0.254 e. The second-order valence-electron chi connectivity index (χ2n) is 5.75. The number of rotatable bonds is 4. The summed E-state index contributed by atoms with van der Waals surface area (Å²) in [6.07, 6.45) is 0.823. The molecule has 0 aliphatic carbocycles. The molecule has 0 spiro atoms. The predicted octanol–water partition coefficient (Wildman–Crippen LogP) is 3.44. The molecule has 1 aromatic carbocycles. The van der Waals surface area contributed by atoms with E-state index in [2.05, 4.69) is 53.0 Å². The smallest absolute Gasteiger partial charge is 0.254 e. The molecule has 0 amide bonds. The molecule has 2 heterocycles. The van der Waals surface area contributed by atoms with Crippen molar-refractivity contribution in [3.63, 3.8) is 0 Å². The van der Waals surface area contributed by atoms with Crippen molar-refractivity contribution in [2.45, 2.75) is 19.3 Å². The molecule has 0 radical (unpaired) electrons. The Morgan fingerprint density at radius 3 is 2.57 bits per heavy atom. The van der Waals surface area contributed by atoms with Gasteiger partial charge in [0.1, 0.15) is 0 Å². The van der Waals surface area contributed by atoms with Gasteiger partial charge in [0.15, 0.2) is 0 Å². The summed E-state index contributed by atoms with van der Waals surface area (Å²) >= 11 is 1.70. The molecule has 23 heavy (non-hydrogen) atoms. The molecule has 0 bridgehead atoms. The second kappa shape index (κ2) is 6.38. The molecule has 0 saturated carbocycles. The van der Waals surface area contributed by atoms with Crippen LogP contribution < -0.4 is 11.3 Å². The van der Waals surface area contributed by atoms with E-state index in [1.807, 2.05) is 0 Å². The third-order valence-corrected chi connectivity index (χ3v) is 4.73. The van der Waals surface area contributed by atoms with Crippen LogP contribution in [-0.2, 0) is 13.5 Å². The van der Waals surface area contributed by atoms with E-state index in [4.69, 9.17) is 5.73 Å². The molecule has 3 aromatic rings. The van der Waals surface area contributed by atoms with Crippen molar-refractivity contribution in [1.82, 2.24) is 9.55 Å². The van der Waals surface area contributed by atoms with Gasteiger partial charge in [-0.05, 0) is 39.9 Å². The Balaban J connectivity index is 1.78. The summed E-state index contributed by atoms with van der Waals surface area (Å²) in [4.78, 5) is 16.2. The monoisotopic (exact) mass is 325 g/mol. The number of hydrogen-bond donors (Lipinski definition) is 1. The fourth-order valence-electron chi connectivity index (χ4n) is 2.55. The Morgan fingerprint density at radius 1 is 1.22 bits per heavy atom. The maximum absolute atomic E-state index is 11.8. The Kier molecular flexibility index (Phi) is 4.30. The number of thiophene rings is 1. The first-order chi connectivity index (χ1) is 11.0. The third-order valence-electron chi connectivity index (χ3n) is 4.04. The normalized spacial score (nSPS) is 12.3. The van der Waals surface area contributed by atoms with Gasteiger partial charge in [-0.1, -0.05) is 31.2 Å². The lowest BCUT2D eigenvalue weighted by Gasteiger charge is -2.13. The van der Waals surface area contributed by atoms with E-state index < -0.39 is 0 Å². The van der Waals surface area contributed by atoms with Crippen molar-refractivity contribution in [2.75, 3.05) is 5.73 Å². The first kappa shape index (κ1) is 15.5. The van der Waals surface area contributed by atoms with E-state index in [1.54, 1.807) is 24.5 Å². The molecule has 118 valence electrons. The molecular formula is C18H19N3OS. The lowest BCUT2D eigenvalue weighted by atomic mass is 9.96. The van der Waals surface area contributed by atoms with Crippen LogP contribution in [0.25, 0.3) is 11.1 Å². The van der Waals surface area contributed by atoms with Crippen molar-refractivity contribution in [3.05, 3.63) is 68.8 Å². The standard InChI is InChI=1S/C18H19N3OS/c1-12(16-10-17(22)21(2)18(19)20-16)9-13-3-5-14(6-4-13)15-7-8-23-11-15/h3-8,10-12H,9H2,1-2H3,(H2,19,20)/t12-/m0/s1. The van der Waals surface area contributed by atoms with E-state index in [-0.39, 0.29) is 17.4 Å². The van der Waals surface area contributed by atoms with Crippen LogP contribution >= 0.6 is 11.3 Å². The van der Waals surface area contributed by atoms with Gasteiger partial charge >= 0.3 is 0 Å². The van der Waals surface area contributed by atoms with E-state index in [1.165, 1.54) is 21.3 Å². The molecule has 2 aromatic heterocycles. The number of nitrogen functional groups attached to an aromatic ring is 1. The van der Waals surface area contributed by atoms with Crippen LogP contribution in [0.1, 0.15) is 24.1 Å². The molecule has 4 nitrogen and oxygen atoms in total. The van der Waals surface area contributed by atoms with Gasteiger partial charge in [-0.3, -0.25) is 9.36 Å². The van der Waals surface area contributed by atoms with E-state index in [0.717, 1.165) is 12.1 Å². The molecule has 1 atom stereocenters. The molecule has 0 saturated heterocycles. The number of aromatic nitrogens is 2. The van der Waals surface area contributed by atoms with Crippen LogP contribution in [-0.4, -0.2) is 9.55 Å². The number of nitrogens with two attached hydrogens (primary N) is 1. The summed E-state index contributed by atoms with van der Waals surface area (Å²) in [6.45, 7) is 2.06.